The quantitative estimate of drug-likeness (QED) is 0.429. The van der Waals surface area contributed by atoms with E-state index in [1.165, 1.54) is 5.56 Å². The number of aromatic nitrogens is 1. The highest BCUT2D eigenvalue weighted by Gasteiger charge is 2.24. The van der Waals surface area contributed by atoms with E-state index in [-0.39, 0.29) is 12.0 Å². The fraction of sp³-hybridized carbons (Fsp3) is 0.433. The smallest absolute Gasteiger partial charge is 0.407 e. The summed E-state index contributed by atoms with van der Waals surface area (Å²) in [4.78, 5) is 30.0. The van der Waals surface area contributed by atoms with Gasteiger partial charge in [0, 0.05) is 24.0 Å². The average Bonchev–Trinajstić information content (AvgIpc) is 2.85. The number of nitrogens with one attached hydrogen (secondary N) is 2. The molecule has 1 aliphatic rings. The summed E-state index contributed by atoms with van der Waals surface area (Å²) in [5, 5.41) is 6.94. The number of rotatable bonds is 6. The van der Waals surface area contributed by atoms with E-state index in [1.54, 1.807) is 0 Å². The van der Waals surface area contributed by atoms with Gasteiger partial charge in [0.1, 0.15) is 5.60 Å². The van der Waals surface area contributed by atoms with Crippen molar-refractivity contribution in [3.05, 3.63) is 65.7 Å². The molecule has 2 amide bonds. The highest BCUT2D eigenvalue weighted by Crippen LogP contribution is 2.29. The van der Waals surface area contributed by atoms with Gasteiger partial charge in [0.25, 0.3) is 5.91 Å². The number of nitrogens with zero attached hydrogens (tertiary/aromatic N) is 1. The number of carbonyl (C=O) groups is 2. The fourth-order valence-corrected chi connectivity index (χ4v) is 4.75. The van der Waals surface area contributed by atoms with Crippen molar-refractivity contribution in [3.8, 4) is 11.3 Å². The highest BCUT2D eigenvalue weighted by atomic mass is 16.6. The zero-order valence-electron chi connectivity index (χ0n) is 21.8. The van der Waals surface area contributed by atoms with Crippen molar-refractivity contribution in [1.29, 1.82) is 0 Å². The number of fused-ring (bicyclic) bond motifs is 1. The summed E-state index contributed by atoms with van der Waals surface area (Å²) in [5.41, 5.74) is 3.98. The molecule has 2 N–H and O–H groups in total. The van der Waals surface area contributed by atoms with Gasteiger partial charge in [-0.25, -0.2) is 9.78 Å². The Morgan fingerprint density at radius 1 is 0.917 bits per heavy atom. The zero-order chi connectivity index (χ0) is 25.7. The van der Waals surface area contributed by atoms with Crippen LogP contribution in [0.5, 0.6) is 0 Å². The van der Waals surface area contributed by atoms with Gasteiger partial charge in [-0.15, -0.1) is 0 Å². The summed E-state index contributed by atoms with van der Waals surface area (Å²) in [7, 11) is 0. The number of aryl methyl sites for hydroxylation is 1. The van der Waals surface area contributed by atoms with Gasteiger partial charge >= 0.3 is 6.09 Å². The molecule has 1 fully saturated rings. The maximum Gasteiger partial charge on any atom is 0.407 e. The van der Waals surface area contributed by atoms with Gasteiger partial charge in [-0.05, 0) is 77.3 Å². The predicted octanol–water partition coefficient (Wildman–Crippen LogP) is 6.27. The van der Waals surface area contributed by atoms with Crippen molar-refractivity contribution in [2.24, 2.45) is 11.8 Å². The SMILES string of the molecule is Cc1ccc(-c2cc(C(=O)NCC3CCC(CNC(=O)OC(C)(C)C)CC3)c3ccccc3n2)cc1. The van der Waals surface area contributed by atoms with E-state index < -0.39 is 5.60 Å². The lowest BCUT2D eigenvalue weighted by molar-refractivity contribution is 0.0512. The Balaban J connectivity index is 1.35. The summed E-state index contributed by atoms with van der Waals surface area (Å²) in [5.74, 6) is 0.831. The summed E-state index contributed by atoms with van der Waals surface area (Å²) >= 11 is 0. The first-order chi connectivity index (χ1) is 17.2. The maximum absolute atomic E-state index is 13.3. The molecule has 0 bridgehead atoms. The molecule has 0 atom stereocenters. The molecule has 4 rings (SSSR count). The summed E-state index contributed by atoms with van der Waals surface area (Å²) in [6.45, 7) is 8.94. The van der Waals surface area contributed by atoms with Crippen molar-refractivity contribution >= 4 is 22.9 Å². The Bertz CT molecular complexity index is 1210. The van der Waals surface area contributed by atoms with Gasteiger partial charge in [-0.1, -0.05) is 48.0 Å². The Morgan fingerprint density at radius 3 is 2.17 bits per heavy atom. The van der Waals surface area contributed by atoms with Crippen LogP contribution in [0.2, 0.25) is 0 Å². The second-order valence-electron chi connectivity index (χ2n) is 10.9. The van der Waals surface area contributed by atoms with Crippen molar-refractivity contribution in [1.82, 2.24) is 15.6 Å². The Labute approximate surface area is 213 Å². The minimum Gasteiger partial charge on any atom is -0.444 e. The van der Waals surface area contributed by atoms with Crippen molar-refractivity contribution < 1.29 is 14.3 Å². The molecule has 0 spiro atoms. The first-order valence-corrected chi connectivity index (χ1v) is 12.9. The van der Waals surface area contributed by atoms with Crippen LogP contribution < -0.4 is 10.6 Å². The van der Waals surface area contributed by atoms with Crippen molar-refractivity contribution in [3.63, 3.8) is 0 Å². The minimum atomic E-state index is -0.485. The number of ether oxygens (including phenoxy) is 1. The fourth-order valence-electron chi connectivity index (χ4n) is 4.75. The number of benzene rings is 2. The molecule has 1 saturated carbocycles. The van der Waals surface area contributed by atoms with Gasteiger partial charge in [-0.3, -0.25) is 4.79 Å². The number of carbonyl (C=O) groups excluding carboxylic acids is 2. The van der Waals surface area contributed by atoms with E-state index in [1.807, 2.05) is 63.2 Å². The van der Waals surface area contributed by atoms with Crippen LogP contribution in [-0.4, -0.2) is 35.7 Å². The normalized spacial score (nSPS) is 18.0. The lowest BCUT2D eigenvalue weighted by Crippen LogP contribution is -2.37. The predicted molar refractivity (Wildman–Crippen MR) is 144 cm³/mol. The van der Waals surface area contributed by atoms with E-state index >= 15 is 0 Å². The largest absolute Gasteiger partial charge is 0.444 e. The molecule has 36 heavy (non-hydrogen) atoms. The van der Waals surface area contributed by atoms with Crippen LogP contribution in [0.1, 0.15) is 62.4 Å². The molecule has 2 aromatic carbocycles. The van der Waals surface area contributed by atoms with E-state index in [9.17, 15) is 9.59 Å². The number of hydrogen-bond acceptors (Lipinski definition) is 4. The standard InChI is InChI=1S/C30H37N3O3/c1-20-9-15-23(16-10-20)27-17-25(24-7-5-6-8-26(24)33-27)28(34)31-18-21-11-13-22(14-12-21)19-32-29(35)36-30(2,3)4/h5-10,15-17,21-22H,11-14,18-19H2,1-4H3,(H,31,34)(H,32,35). The van der Waals surface area contributed by atoms with Crippen LogP contribution in [0, 0.1) is 18.8 Å². The summed E-state index contributed by atoms with van der Waals surface area (Å²) in [6.07, 6.45) is 3.78. The van der Waals surface area contributed by atoms with Crippen LogP contribution in [0.25, 0.3) is 22.2 Å². The summed E-state index contributed by atoms with van der Waals surface area (Å²) in [6, 6.07) is 17.9. The number of para-hydroxylation sites is 1. The molecule has 0 saturated heterocycles. The Morgan fingerprint density at radius 2 is 1.53 bits per heavy atom. The van der Waals surface area contributed by atoms with Crippen LogP contribution in [0.4, 0.5) is 4.79 Å². The minimum absolute atomic E-state index is 0.0596. The number of amides is 2. The number of hydrogen-bond donors (Lipinski definition) is 2. The molecule has 6 nitrogen and oxygen atoms in total. The Kier molecular flexibility index (Phi) is 7.92. The molecule has 3 aromatic rings. The second-order valence-corrected chi connectivity index (χ2v) is 10.9. The van der Waals surface area contributed by atoms with Gasteiger partial charge in [0.05, 0.1) is 16.8 Å². The first kappa shape index (κ1) is 25.7. The molecule has 1 aliphatic carbocycles. The second kappa shape index (κ2) is 11.1. The van der Waals surface area contributed by atoms with Crippen LogP contribution in [-0.2, 0) is 4.74 Å². The van der Waals surface area contributed by atoms with Gasteiger partial charge in [-0.2, -0.15) is 0 Å². The van der Waals surface area contributed by atoms with Crippen LogP contribution >= 0.6 is 0 Å². The van der Waals surface area contributed by atoms with Crippen molar-refractivity contribution in [2.45, 2.75) is 59.0 Å². The molecule has 0 radical (unpaired) electrons. The molecule has 1 aromatic heterocycles. The molecule has 6 heteroatoms. The van der Waals surface area contributed by atoms with Gasteiger partial charge in [0.2, 0.25) is 0 Å². The zero-order valence-corrected chi connectivity index (χ0v) is 21.8. The lowest BCUT2D eigenvalue weighted by atomic mass is 9.82. The van der Waals surface area contributed by atoms with E-state index in [2.05, 4.69) is 29.7 Å². The molecule has 0 aliphatic heterocycles. The topological polar surface area (TPSA) is 80.3 Å². The van der Waals surface area contributed by atoms with Gasteiger partial charge < -0.3 is 15.4 Å². The monoisotopic (exact) mass is 487 g/mol. The van der Waals surface area contributed by atoms with E-state index in [0.29, 0.717) is 30.5 Å². The molecule has 190 valence electrons. The third-order valence-corrected chi connectivity index (χ3v) is 6.76. The van der Waals surface area contributed by atoms with Crippen LogP contribution in [0.3, 0.4) is 0 Å². The van der Waals surface area contributed by atoms with E-state index in [0.717, 1.165) is 47.8 Å². The molecule has 1 heterocycles. The highest BCUT2D eigenvalue weighted by molar-refractivity contribution is 6.07. The van der Waals surface area contributed by atoms with E-state index in [4.69, 9.17) is 9.72 Å². The molecular formula is C30H37N3O3. The Hall–Kier alpha value is -3.41. The summed E-state index contributed by atoms with van der Waals surface area (Å²) < 4.78 is 5.33. The third-order valence-electron chi connectivity index (χ3n) is 6.76. The number of pyridine rings is 1. The molecular weight excluding hydrogens is 450 g/mol. The van der Waals surface area contributed by atoms with Crippen LogP contribution in [0.15, 0.2) is 54.6 Å². The average molecular weight is 488 g/mol. The third kappa shape index (κ3) is 6.84. The van der Waals surface area contributed by atoms with Crippen molar-refractivity contribution in [2.75, 3.05) is 13.1 Å². The maximum atomic E-state index is 13.3. The number of alkyl carbamates (subject to hydrolysis) is 1. The first-order valence-electron chi connectivity index (χ1n) is 12.9. The molecule has 0 unspecified atom stereocenters. The van der Waals surface area contributed by atoms with Gasteiger partial charge in [0.15, 0.2) is 0 Å². The lowest BCUT2D eigenvalue weighted by Gasteiger charge is -2.29.